The molecule has 2 aromatic heterocycles. The number of anilines is 1. The van der Waals surface area contributed by atoms with Gasteiger partial charge in [-0.15, -0.1) is 11.3 Å². The Hall–Kier alpha value is -1.12. The van der Waals surface area contributed by atoms with Crippen molar-refractivity contribution in [2.75, 3.05) is 25.5 Å². The van der Waals surface area contributed by atoms with Crippen LogP contribution in [0.25, 0.3) is 4.96 Å². The van der Waals surface area contributed by atoms with Gasteiger partial charge in [0.25, 0.3) is 10.0 Å². The van der Waals surface area contributed by atoms with Crippen LogP contribution in [0.5, 0.6) is 0 Å². The van der Waals surface area contributed by atoms with E-state index >= 15 is 0 Å². The number of thiazole rings is 1. The smallest absolute Gasteiger partial charge is 0.262 e. The molecule has 3 rings (SSSR count). The van der Waals surface area contributed by atoms with Gasteiger partial charge in [-0.3, -0.25) is 4.40 Å². The number of aromatic nitrogens is 2. The quantitative estimate of drug-likeness (QED) is 0.938. The first-order valence-corrected chi connectivity index (χ1v) is 9.31. The minimum absolute atomic E-state index is 0.215. The third-order valence-corrected chi connectivity index (χ3v) is 6.80. The van der Waals surface area contributed by atoms with Crippen LogP contribution in [0, 0.1) is 5.41 Å². The molecule has 0 aliphatic carbocycles. The normalized spacial score (nSPS) is 20.0. The maximum absolute atomic E-state index is 13.0. The highest BCUT2D eigenvalue weighted by atomic mass is 32.2. The van der Waals surface area contributed by atoms with Crippen LogP contribution in [0.4, 0.5) is 5.82 Å². The fourth-order valence-corrected chi connectivity index (χ4v) is 5.10. The zero-order valence-corrected chi connectivity index (χ0v) is 14.1. The van der Waals surface area contributed by atoms with Gasteiger partial charge < -0.3 is 5.32 Å². The molecule has 1 saturated heterocycles. The standard InChI is InChI=1S/C13H20N4O2S2/c1-13(2)4-6-16(7-5-13)21(18,19)11-10(14-3)15-12-17(11)8-9-20-12/h8-9,14H,4-7H2,1-3H3. The Bertz CT molecular complexity index is 750. The summed E-state index contributed by atoms with van der Waals surface area (Å²) < 4.78 is 29.2. The van der Waals surface area contributed by atoms with Crippen LogP contribution in [0.1, 0.15) is 26.7 Å². The first kappa shape index (κ1) is 14.8. The fourth-order valence-electron chi connectivity index (χ4n) is 2.63. The lowest BCUT2D eigenvalue weighted by Crippen LogP contribution is -2.41. The molecule has 21 heavy (non-hydrogen) atoms. The molecule has 3 heterocycles. The van der Waals surface area contributed by atoms with Gasteiger partial charge in [-0.25, -0.2) is 13.4 Å². The van der Waals surface area contributed by atoms with Crippen molar-refractivity contribution in [1.29, 1.82) is 0 Å². The van der Waals surface area contributed by atoms with Crippen LogP contribution >= 0.6 is 11.3 Å². The zero-order chi connectivity index (χ0) is 15.3. The number of nitrogens with zero attached hydrogens (tertiary/aromatic N) is 3. The summed E-state index contributed by atoms with van der Waals surface area (Å²) in [5.41, 5.74) is 0.215. The van der Waals surface area contributed by atoms with E-state index < -0.39 is 10.0 Å². The summed E-state index contributed by atoms with van der Waals surface area (Å²) in [5, 5.41) is 5.00. The molecule has 0 radical (unpaired) electrons. The first-order chi connectivity index (χ1) is 9.85. The predicted octanol–water partition coefficient (Wildman–Crippen LogP) is 2.25. The van der Waals surface area contributed by atoms with Crippen molar-refractivity contribution in [2.24, 2.45) is 5.41 Å². The van der Waals surface area contributed by atoms with E-state index in [0.29, 0.717) is 23.9 Å². The van der Waals surface area contributed by atoms with Crippen LogP contribution in [-0.2, 0) is 10.0 Å². The van der Waals surface area contributed by atoms with E-state index in [0.717, 1.165) is 12.8 Å². The number of rotatable bonds is 3. The molecule has 1 aliphatic heterocycles. The summed E-state index contributed by atoms with van der Waals surface area (Å²) in [6.07, 6.45) is 3.52. The van der Waals surface area contributed by atoms with Crippen molar-refractivity contribution >= 4 is 32.1 Å². The van der Waals surface area contributed by atoms with Crippen molar-refractivity contribution in [1.82, 2.24) is 13.7 Å². The third-order valence-electron chi connectivity index (χ3n) is 4.12. The number of hydrogen-bond acceptors (Lipinski definition) is 5. The largest absolute Gasteiger partial charge is 0.371 e. The lowest BCUT2D eigenvalue weighted by Gasteiger charge is -2.35. The highest BCUT2D eigenvalue weighted by Crippen LogP contribution is 2.34. The summed E-state index contributed by atoms with van der Waals surface area (Å²) >= 11 is 1.43. The van der Waals surface area contributed by atoms with Crippen molar-refractivity contribution in [2.45, 2.75) is 31.7 Å². The first-order valence-electron chi connectivity index (χ1n) is 6.99. The van der Waals surface area contributed by atoms with E-state index in [9.17, 15) is 8.42 Å². The molecule has 0 amide bonds. The SMILES string of the molecule is CNc1nc2sccn2c1S(=O)(=O)N1CCC(C)(C)CC1. The molecular formula is C13H20N4O2S2. The fraction of sp³-hybridized carbons (Fsp3) is 0.615. The van der Waals surface area contributed by atoms with Gasteiger partial charge in [0.1, 0.15) is 0 Å². The van der Waals surface area contributed by atoms with E-state index in [-0.39, 0.29) is 10.4 Å². The number of fused-ring (bicyclic) bond motifs is 1. The van der Waals surface area contributed by atoms with Gasteiger partial charge in [-0.2, -0.15) is 4.31 Å². The lowest BCUT2D eigenvalue weighted by molar-refractivity contribution is 0.195. The number of piperidine rings is 1. The van der Waals surface area contributed by atoms with Crippen LogP contribution in [0.2, 0.25) is 0 Å². The number of nitrogens with one attached hydrogen (secondary N) is 1. The Balaban J connectivity index is 2.02. The average Bonchev–Trinajstić information content (AvgIpc) is 2.97. The molecule has 1 fully saturated rings. The molecule has 0 unspecified atom stereocenters. The Labute approximate surface area is 128 Å². The van der Waals surface area contributed by atoms with Gasteiger partial charge in [0.05, 0.1) is 0 Å². The monoisotopic (exact) mass is 328 g/mol. The number of sulfonamides is 1. The van der Waals surface area contributed by atoms with Crippen LogP contribution < -0.4 is 5.32 Å². The molecule has 0 atom stereocenters. The number of hydrogen-bond donors (Lipinski definition) is 1. The summed E-state index contributed by atoms with van der Waals surface area (Å²) in [7, 11) is -1.83. The van der Waals surface area contributed by atoms with Gasteiger partial charge in [-0.1, -0.05) is 13.8 Å². The van der Waals surface area contributed by atoms with E-state index in [1.165, 1.54) is 11.3 Å². The van der Waals surface area contributed by atoms with Crippen molar-refractivity contribution in [3.8, 4) is 0 Å². The predicted molar refractivity (Wildman–Crippen MR) is 84.4 cm³/mol. The molecular weight excluding hydrogens is 308 g/mol. The van der Waals surface area contributed by atoms with Gasteiger partial charge in [-0.05, 0) is 18.3 Å². The van der Waals surface area contributed by atoms with E-state index in [4.69, 9.17) is 0 Å². The molecule has 0 spiro atoms. The van der Waals surface area contributed by atoms with Gasteiger partial charge in [0.2, 0.25) is 0 Å². The van der Waals surface area contributed by atoms with Crippen molar-refractivity contribution < 1.29 is 8.42 Å². The molecule has 6 nitrogen and oxygen atoms in total. The lowest BCUT2D eigenvalue weighted by atomic mass is 9.83. The second-order valence-electron chi connectivity index (χ2n) is 6.14. The summed E-state index contributed by atoms with van der Waals surface area (Å²) in [6, 6.07) is 0. The molecule has 0 saturated carbocycles. The maximum Gasteiger partial charge on any atom is 0.262 e. The molecule has 8 heteroatoms. The number of imidazole rings is 1. The minimum Gasteiger partial charge on any atom is -0.371 e. The Morgan fingerprint density at radius 2 is 2.00 bits per heavy atom. The topological polar surface area (TPSA) is 66.7 Å². The van der Waals surface area contributed by atoms with Crippen molar-refractivity contribution in [3.05, 3.63) is 11.6 Å². The van der Waals surface area contributed by atoms with E-state index in [1.54, 1.807) is 22.0 Å². The van der Waals surface area contributed by atoms with E-state index in [1.807, 2.05) is 5.38 Å². The highest BCUT2D eigenvalue weighted by molar-refractivity contribution is 7.89. The Morgan fingerprint density at radius 3 is 2.62 bits per heavy atom. The summed E-state index contributed by atoms with van der Waals surface area (Å²) in [5.74, 6) is 0.423. The average molecular weight is 328 g/mol. The Morgan fingerprint density at radius 1 is 1.33 bits per heavy atom. The second kappa shape index (κ2) is 4.96. The molecule has 0 bridgehead atoms. The zero-order valence-electron chi connectivity index (χ0n) is 12.5. The molecule has 116 valence electrons. The minimum atomic E-state index is -3.53. The van der Waals surface area contributed by atoms with Gasteiger partial charge in [0.15, 0.2) is 15.8 Å². The maximum atomic E-state index is 13.0. The third kappa shape index (κ3) is 2.45. The van der Waals surface area contributed by atoms with Gasteiger partial charge in [0, 0.05) is 31.7 Å². The molecule has 1 aliphatic rings. The van der Waals surface area contributed by atoms with Crippen LogP contribution in [-0.4, -0.2) is 42.2 Å². The molecule has 1 N–H and O–H groups in total. The van der Waals surface area contributed by atoms with Gasteiger partial charge >= 0.3 is 0 Å². The van der Waals surface area contributed by atoms with Crippen LogP contribution in [0.15, 0.2) is 16.6 Å². The summed E-state index contributed by atoms with van der Waals surface area (Å²) in [4.78, 5) is 5.04. The second-order valence-corrected chi connectivity index (χ2v) is 8.87. The van der Waals surface area contributed by atoms with E-state index in [2.05, 4.69) is 24.1 Å². The highest BCUT2D eigenvalue weighted by Gasteiger charge is 2.36. The Kier molecular flexibility index (Phi) is 3.50. The summed E-state index contributed by atoms with van der Waals surface area (Å²) in [6.45, 7) is 5.50. The van der Waals surface area contributed by atoms with Crippen LogP contribution in [0.3, 0.4) is 0 Å². The molecule has 0 aromatic carbocycles. The molecule has 2 aromatic rings. The van der Waals surface area contributed by atoms with Crippen molar-refractivity contribution in [3.63, 3.8) is 0 Å².